The third-order valence-electron chi connectivity index (χ3n) is 1.21. The summed E-state index contributed by atoms with van der Waals surface area (Å²) in [5.41, 5.74) is 0. The minimum Gasteiger partial charge on any atom is -0.382 e. The maximum Gasteiger partial charge on any atom is 0.264 e. The van der Waals surface area contributed by atoms with Crippen LogP contribution in [-0.4, -0.2) is 34.0 Å². The van der Waals surface area contributed by atoms with Gasteiger partial charge in [0.15, 0.2) is 0 Å². The van der Waals surface area contributed by atoms with Crippen LogP contribution >= 0.6 is 0 Å². The summed E-state index contributed by atoms with van der Waals surface area (Å²) in [5.74, 6) is 0. The van der Waals surface area contributed by atoms with Gasteiger partial charge in [-0.15, -0.1) is 0 Å². The molecule has 1 unspecified atom stereocenters. The van der Waals surface area contributed by atoms with Crippen molar-refractivity contribution >= 4 is 10.1 Å². The van der Waals surface area contributed by atoms with E-state index in [0.29, 0.717) is 19.6 Å². The van der Waals surface area contributed by atoms with Crippen molar-refractivity contribution in [2.75, 3.05) is 19.5 Å². The monoisotopic (exact) mass is 196 g/mol. The Bertz CT molecular complexity index is 197. The van der Waals surface area contributed by atoms with Gasteiger partial charge in [-0.05, 0) is 20.3 Å². The lowest BCUT2D eigenvalue weighted by Crippen LogP contribution is -2.16. The molecule has 12 heavy (non-hydrogen) atoms. The predicted molar refractivity (Wildman–Crippen MR) is 46.5 cm³/mol. The zero-order valence-corrected chi connectivity index (χ0v) is 8.56. The molecule has 0 rings (SSSR count). The van der Waals surface area contributed by atoms with E-state index in [1.807, 2.05) is 6.92 Å². The van der Waals surface area contributed by atoms with Crippen LogP contribution in [0.15, 0.2) is 0 Å². The van der Waals surface area contributed by atoms with E-state index in [9.17, 15) is 8.42 Å². The molecule has 0 aromatic rings. The van der Waals surface area contributed by atoms with Crippen molar-refractivity contribution in [1.29, 1.82) is 0 Å². The summed E-state index contributed by atoms with van der Waals surface area (Å²) in [6.07, 6.45) is 1.34. The van der Waals surface area contributed by atoms with Crippen molar-refractivity contribution < 1.29 is 17.3 Å². The molecule has 74 valence electrons. The van der Waals surface area contributed by atoms with Gasteiger partial charge < -0.3 is 4.74 Å². The van der Waals surface area contributed by atoms with Crippen LogP contribution in [0.1, 0.15) is 20.3 Å². The van der Waals surface area contributed by atoms with Gasteiger partial charge in [-0.1, -0.05) is 0 Å². The first-order valence-electron chi connectivity index (χ1n) is 3.91. The molecule has 0 aliphatic carbocycles. The van der Waals surface area contributed by atoms with Crippen LogP contribution in [0.2, 0.25) is 0 Å². The second-order valence-corrected chi connectivity index (χ2v) is 4.20. The summed E-state index contributed by atoms with van der Waals surface area (Å²) in [5, 5.41) is 0. The van der Waals surface area contributed by atoms with Crippen LogP contribution in [-0.2, 0) is 19.0 Å². The first kappa shape index (κ1) is 11.9. The highest BCUT2D eigenvalue weighted by atomic mass is 32.2. The molecule has 0 aromatic carbocycles. The van der Waals surface area contributed by atoms with Gasteiger partial charge in [-0.3, -0.25) is 4.18 Å². The Balaban J connectivity index is 3.53. The van der Waals surface area contributed by atoms with Crippen LogP contribution in [0.3, 0.4) is 0 Å². The fraction of sp³-hybridized carbons (Fsp3) is 1.00. The van der Waals surface area contributed by atoms with Gasteiger partial charge in [-0.25, -0.2) is 0 Å². The topological polar surface area (TPSA) is 52.6 Å². The van der Waals surface area contributed by atoms with Crippen molar-refractivity contribution in [3.05, 3.63) is 0 Å². The molecule has 0 aliphatic heterocycles. The maximum atomic E-state index is 10.6. The molecule has 0 fully saturated rings. The van der Waals surface area contributed by atoms with Crippen molar-refractivity contribution in [2.24, 2.45) is 0 Å². The molecular weight excluding hydrogens is 180 g/mol. The molecule has 0 saturated heterocycles. The first-order chi connectivity index (χ1) is 5.45. The van der Waals surface area contributed by atoms with Gasteiger partial charge in [-0.2, -0.15) is 8.42 Å². The zero-order chi connectivity index (χ0) is 9.61. The minimum absolute atomic E-state index is 0.299. The second kappa shape index (κ2) is 5.50. The van der Waals surface area contributed by atoms with E-state index in [2.05, 4.69) is 4.18 Å². The number of hydrogen-bond donors (Lipinski definition) is 0. The van der Waals surface area contributed by atoms with Crippen molar-refractivity contribution in [2.45, 2.75) is 26.4 Å². The molecule has 0 amide bonds. The van der Waals surface area contributed by atoms with Crippen LogP contribution in [0.4, 0.5) is 0 Å². The molecule has 5 heteroatoms. The van der Waals surface area contributed by atoms with Gasteiger partial charge >= 0.3 is 0 Å². The van der Waals surface area contributed by atoms with E-state index in [1.165, 1.54) is 0 Å². The third-order valence-corrected chi connectivity index (χ3v) is 1.89. The Hall–Kier alpha value is -0.130. The lowest BCUT2D eigenvalue weighted by Gasteiger charge is -2.09. The lowest BCUT2D eigenvalue weighted by molar-refractivity contribution is 0.109. The second-order valence-electron chi connectivity index (χ2n) is 2.60. The number of rotatable bonds is 6. The van der Waals surface area contributed by atoms with E-state index in [4.69, 9.17) is 4.74 Å². The van der Waals surface area contributed by atoms with Crippen molar-refractivity contribution in [1.82, 2.24) is 0 Å². The number of hydrogen-bond acceptors (Lipinski definition) is 4. The van der Waals surface area contributed by atoms with Gasteiger partial charge in [0, 0.05) is 13.2 Å². The third kappa shape index (κ3) is 7.97. The van der Waals surface area contributed by atoms with Crippen molar-refractivity contribution in [3.63, 3.8) is 0 Å². The smallest absolute Gasteiger partial charge is 0.264 e. The Morgan fingerprint density at radius 3 is 2.42 bits per heavy atom. The molecule has 0 N–H and O–H groups in total. The maximum absolute atomic E-state index is 10.6. The molecule has 1 atom stereocenters. The fourth-order valence-corrected chi connectivity index (χ4v) is 1.43. The Labute approximate surface area is 74.0 Å². The molecule has 0 saturated carbocycles. The Kier molecular flexibility index (Phi) is 5.44. The van der Waals surface area contributed by atoms with E-state index in [-0.39, 0.29) is 6.10 Å². The Morgan fingerprint density at radius 1 is 1.42 bits per heavy atom. The standard InChI is InChI=1S/C7H16O4S/c1-4-10-6-5-7(2)11-12(3,8)9/h7H,4-6H2,1-3H3. The van der Waals surface area contributed by atoms with Gasteiger partial charge in [0.25, 0.3) is 10.1 Å². The molecular formula is C7H16O4S. The molecule has 0 heterocycles. The van der Waals surface area contributed by atoms with Crippen LogP contribution in [0, 0.1) is 0 Å². The van der Waals surface area contributed by atoms with Gasteiger partial charge in [0.05, 0.1) is 12.4 Å². The lowest BCUT2D eigenvalue weighted by atomic mass is 10.3. The quantitative estimate of drug-likeness (QED) is 0.465. The van der Waals surface area contributed by atoms with Crippen LogP contribution in [0.5, 0.6) is 0 Å². The minimum atomic E-state index is -3.32. The molecule has 4 nitrogen and oxygen atoms in total. The Morgan fingerprint density at radius 2 is 2.00 bits per heavy atom. The average molecular weight is 196 g/mol. The summed E-state index contributed by atoms with van der Waals surface area (Å²) in [6, 6.07) is 0. The van der Waals surface area contributed by atoms with Crippen molar-refractivity contribution in [3.8, 4) is 0 Å². The zero-order valence-electron chi connectivity index (χ0n) is 7.74. The molecule has 0 aromatic heterocycles. The summed E-state index contributed by atoms with van der Waals surface area (Å²) >= 11 is 0. The molecule has 0 aliphatic rings. The number of ether oxygens (including phenoxy) is 1. The van der Waals surface area contributed by atoms with E-state index in [1.54, 1.807) is 6.92 Å². The molecule has 0 spiro atoms. The average Bonchev–Trinajstić information content (AvgIpc) is 1.84. The van der Waals surface area contributed by atoms with Gasteiger partial charge in [0.1, 0.15) is 0 Å². The van der Waals surface area contributed by atoms with E-state index >= 15 is 0 Å². The summed E-state index contributed by atoms with van der Waals surface area (Å²) < 4.78 is 30.9. The largest absolute Gasteiger partial charge is 0.382 e. The van der Waals surface area contributed by atoms with E-state index < -0.39 is 10.1 Å². The molecule has 0 bridgehead atoms. The highest BCUT2D eigenvalue weighted by molar-refractivity contribution is 7.86. The summed E-state index contributed by atoms with van der Waals surface area (Å²) in [4.78, 5) is 0. The first-order valence-corrected chi connectivity index (χ1v) is 5.73. The van der Waals surface area contributed by atoms with Crippen LogP contribution in [0.25, 0.3) is 0 Å². The fourth-order valence-electron chi connectivity index (χ4n) is 0.740. The molecule has 0 radical (unpaired) electrons. The SMILES string of the molecule is CCOCCC(C)OS(C)(=O)=O. The highest BCUT2D eigenvalue weighted by Gasteiger charge is 2.09. The normalized spacial score (nSPS) is 14.6. The predicted octanol–water partition coefficient (Wildman–Crippen LogP) is 0.778. The van der Waals surface area contributed by atoms with Gasteiger partial charge in [0.2, 0.25) is 0 Å². The summed E-state index contributed by atoms with van der Waals surface area (Å²) in [6.45, 7) is 4.78. The summed E-state index contributed by atoms with van der Waals surface area (Å²) in [7, 11) is -3.32. The highest BCUT2D eigenvalue weighted by Crippen LogP contribution is 2.01. The van der Waals surface area contributed by atoms with E-state index in [0.717, 1.165) is 6.26 Å². The van der Waals surface area contributed by atoms with Crippen LogP contribution < -0.4 is 0 Å².